The molecule has 1 aliphatic carbocycles. The lowest BCUT2D eigenvalue weighted by Crippen LogP contribution is -2.06. The number of carbonyl (C=O) groups is 1. The maximum absolute atomic E-state index is 11.3. The largest absolute Gasteiger partial charge is 0.494 e. The Bertz CT molecular complexity index is 865. The summed E-state index contributed by atoms with van der Waals surface area (Å²) in [5.74, 6) is 0.608. The molecule has 0 bridgehead atoms. The topological polar surface area (TPSA) is 35.5 Å². The first kappa shape index (κ1) is 20.9. The van der Waals surface area contributed by atoms with Gasteiger partial charge in [0.05, 0.1) is 13.2 Å². The van der Waals surface area contributed by atoms with Crippen molar-refractivity contribution in [2.75, 3.05) is 13.2 Å². The minimum Gasteiger partial charge on any atom is -0.494 e. The van der Waals surface area contributed by atoms with Gasteiger partial charge in [-0.3, -0.25) is 0 Å². The number of rotatable bonds is 9. The van der Waals surface area contributed by atoms with Crippen molar-refractivity contribution >= 4 is 17.6 Å². The lowest BCUT2D eigenvalue weighted by atomic mass is 10.0. The average Bonchev–Trinajstić information content (AvgIpc) is 2.95. The molecule has 0 saturated heterocycles. The van der Waals surface area contributed by atoms with Crippen molar-refractivity contribution in [2.45, 2.75) is 45.4 Å². The summed E-state index contributed by atoms with van der Waals surface area (Å²) in [7, 11) is 0. The smallest absolute Gasteiger partial charge is 0.333 e. The molecule has 0 fully saturated rings. The van der Waals surface area contributed by atoms with E-state index in [1.807, 2.05) is 0 Å². The van der Waals surface area contributed by atoms with Crippen LogP contribution in [-0.2, 0) is 16.0 Å². The molecule has 3 nitrogen and oxygen atoms in total. The van der Waals surface area contributed by atoms with Crippen molar-refractivity contribution in [1.29, 1.82) is 0 Å². The summed E-state index contributed by atoms with van der Waals surface area (Å²) in [5.41, 5.74) is 5.80. The average molecular weight is 391 g/mol. The van der Waals surface area contributed by atoms with Gasteiger partial charge in [0.25, 0.3) is 0 Å². The highest BCUT2D eigenvalue weighted by Gasteiger charge is 2.11. The van der Waals surface area contributed by atoms with E-state index in [2.05, 4.69) is 61.2 Å². The molecule has 0 aliphatic heterocycles. The summed E-state index contributed by atoms with van der Waals surface area (Å²) in [5, 5.41) is 0. The molecule has 0 aromatic heterocycles. The first-order valence-electron chi connectivity index (χ1n) is 10.5. The molecule has 0 atom stereocenters. The molecule has 0 spiro atoms. The summed E-state index contributed by atoms with van der Waals surface area (Å²) in [6.45, 7) is 6.35. The van der Waals surface area contributed by atoms with Crippen molar-refractivity contribution in [3.05, 3.63) is 77.4 Å². The van der Waals surface area contributed by atoms with E-state index in [0.717, 1.165) is 37.9 Å². The zero-order valence-electron chi connectivity index (χ0n) is 17.3. The highest BCUT2D eigenvalue weighted by molar-refractivity contribution is 5.86. The number of ether oxygens (including phenoxy) is 2. The van der Waals surface area contributed by atoms with Gasteiger partial charge in [0.15, 0.2) is 0 Å². The van der Waals surface area contributed by atoms with Crippen molar-refractivity contribution in [3.8, 4) is 5.75 Å². The molecule has 0 amide bonds. The van der Waals surface area contributed by atoms with Crippen LogP contribution in [0.15, 0.2) is 60.7 Å². The summed E-state index contributed by atoms with van der Waals surface area (Å²) in [6, 6.07) is 17.1. The number of aryl methyl sites for hydroxylation is 1. The van der Waals surface area contributed by atoms with E-state index >= 15 is 0 Å². The summed E-state index contributed by atoms with van der Waals surface area (Å²) < 4.78 is 11.1. The maximum atomic E-state index is 11.3. The number of esters is 1. The summed E-state index contributed by atoms with van der Waals surface area (Å²) in [4.78, 5) is 11.3. The van der Waals surface area contributed by atoms with Crippen LogP contribution in [0.25, 0.3) is 11.6 Å². The molecule has 2 aromatic carbocycles. The van der Waals surface area contributed by atoms with Gasteiger partial charge in [0, 0.05) is 5.57 Å². The van der Waals surface area contributed by atoms with E-state index in [0.29, 0.717) is 18.8 Å². The van der Waals surface area contributed by atoms with E-state index in [1.54, 1.807) is 6.92 Å². The SMILES string of the molecule is C=C(C)C(=O)OCCCCCOc1ccc2c(c1)C=C(c1ccccc1)CCC2. The van der Waals surface area contributed by atoms with Crippen LogP contribution in [-0.4, -0.2) is 19.2 Å². The highest BCUT2D eigenvalue weighted by Crippen LogP contribution is 2.31. The Labute approximate surface area is 174 Å². The van der Waals surface area contributed by atoms with Crippen molar-refractivity contribution in [1.82, 2.24) is 0 Å². The van der Waals surface area contributed by atoms with E-state index in [9.17, 15) is 4.79 Å². The normalized spacial score (nSPS) is 13.1. The third kappa shape index (κ3) is 6.35. The first-order valence-corrected chi connectivity index (χ1v) is 10.5. The second-order valence-corrected chi connectivity index (χ2v) is 7.58. The Morgan fingerprint density at radius 2 is 1.79 bits per heavy atom. The Morgan fingerprint density at radius 1 is 1.00 bits per heavy atom. The van der Waals surface area contributed by atoms with Crippen LogP contribution in [0.2, 0.25) is 0 Å². The molecule has 152 valence electrons. The van der Waals surface area contributed by atoms with Gasteiger partial charge in [-0.1, -0.05) is 49.1 Å². The third-order valence-electron chi connectivity index (χ3n) is 5.12. The van der Waals surface area contributed by atoms with Gasteiger partial charge in [-0.25, -0.2) is 4.79 Å². The molecule has 2 aromatic rings. The van der Waals surface area contributed by atoms with Gasteiger partial charge >= 0.3 is 5.97 Å². The van der Waals surface area contributed by atoms with Gasteiger partial charge < -0.3 is 9.47 Å². The third-order valence-corrected chi connectivity index (χ3v) is 5.12. The lowest BCUT2D eigenvalue weighted by molar-refractivity contribution is -0.139. The van der Waals surface area contributed by atoms with Crippen molar-refractivity contribution in [2.24, 2.45) is 0 Å². The van der Waals surface area contributed by atoms with E-state index in [-0.39, 0.29) is 5.97 Å². The fourth-order valence-electron chi connectivity index (χ4n) is 3.49. The zero-order chi connectivity index (χ0) is 20.5. The molecule has 3 heteroatoms. The summed E-state index contributed by atoms with van der Waals surface area (Å²) >= 11 is 0. The quantitative estimate of drug-likeness (QED) is 0.289. The number of allylic oxidation sites excluding steroid dienone is 1. The molecule has 29 heavy (non-hydrogen) atoms. The van der Waals surface area contributed by atoms with Crippen LogP contribution in [0.1, 0.15) is 55.7 Å². The van der Waals surface area contributed by atoms with Crippen LogP contribution < -0.4 is 4.74 Å². The molecule has 0 unspecified atom stereocenters. The minimum absolute atomic E-state index is 0.311. The Morgan fingerprint density at radius 3 is 2.59 bits per heavy atom. The standard InChI is InChI=1S/C26H30O3/c1-20(2)26(27)29-17-8-4-7-16-28-25-15-14-22-12-9-13-23(18-24(22)19-25)21-10-5-3-6-11-21/h3,5-6,10-11,14-15,18-19H,1,4,7-9,12-13,16-17H2,2H3. The van der Waals surface area contributed by atoms with Crippen LogP contribution in [0.4, 0.5) is 0 Å². The fraction of sp³-hybridized carbons (Fsp3) is 0.346. The Balaban J connectivity index is 1.50. The highest BCUT2D eigenvalue weighted by atomic mass is 16.5. The number of hydrogen-bond donors (Lipinski definition) is 0. The first-order chi connectivity index (χ1) is 14.1. The molecule has 0 radical (unpaired) electrons. The molecular formula is C26H30O3. The van der Waals surface area contributed by atoms with Gasteiger partial charge in [-0.05, 0) is 79.8 Å². The van der Waals surface area contributed by atoms with Gasteiger partial charge in [0.1, 0.15) is 5.75 Å². The van der Waals surface area contributed by atoms with Crippen LogP contribution in [0.3, 0.4) is 0 Å². The number of benzene rings is 2. The minimum atomic E-state index is -0.311. The molecule has 0 saturated carbocycles. The Hall–Kier alpha value is -2.81. The lowest BCUT2D eigenvalue weighted by Gasteiger charge is -2.10. The Kier molecular flexibility index (Phi) is 7.69. The van der Waals surface area contributed by atoms with Gasteiger partial charge in [0.2, 0.25) is 0 Å². The van der Waals surface area contributed by atoms with E-state index < -0.39 is 0 Å². The number of carbonyl (C=O) groups excluding carboxylic acids is 1. The zero-order valence-corrected chi connectivity index (χ0v) is 17.3. The van der Waals surface area contributed by atoms with Crippen LogP contribution in [0.5, 0.6) is 5.75 Å². The summed E-state index contributed by atoms with van der Waals surface area (Å²) in [6.07, 6.45) is 8.44. The number of unbranched alkanes of at least 4 members (excludes halogenated alkanes) is 2. The van der Waals surface area contributed by atoms with E-state index in [1.165, 1.54) is 28.7 Å². The predicted molar refractivity (Wildman–Crippen MR) is 119 cm³/mol. The monoisotopic (exact) mass is 390 g/mol. The van der Waals surface area contributed by atoms with Crippen LogP contribution in [0, 0.1) is 0 Å². The maximum Gasteiger partial charge on any atom is 0.333 e. The van der Waals surface area contributed by atoms with Crippen LogP contribution >= 0.6 is 0 Å². The van der Waals surface area contributed by atoms with Crippen molar-refractivity contribution < 1.29 is 14.3 Å². The molecule has 0 N–H and O–H groups in total. The second kappa shape index (κ2) is 10.7. The molecular weight excluding hydrogens is 360 g/mol. The van der Waals surface area contributed by atoms with Gasteiger partial charge in [-0.2, -0.15) is 0 Å². The number of fused-ring (bicyclic) bond motifs is 1. The van der Waals surface area contributed by atoms with Gasteiger partial charge in [-0.15, -0.1) is 0 Å². The predicted octanol–water partition coefficient (Wildman–Crippen LogP) is 6.23. The van der Waals surface area contributed by atoms with E-state index in [4.69, 9.17) is 9.47 Å². The molecule has 1 aliphatic rings. The molecule has 0 heterocycles. The molecule has 3 rings (SSSR count). The van der Waals surface area contributed by atoms with Crippen molar-refractivity contribution in [3.63, 3.8) is 0 Å². The number of hydrogen-bond acceptors (Lipinski definition) is 3. The second-order valence-electron chi connectivity index (χ2n) is 7.58. The fourth-order valence-corrected chi connectivity index (χ4v) is 3.49.